The second-order valence-corrected chi connectivity index (χ2v) is 11.0. The van der Waals surface area contributed by atoms with Crippen LogP contribution in [0.2, 0.25) is 5.02 Å². The number of benzene rings is 1. The van der Waals surface area contributed by atoms with Crippen LogP contribution in [0.3, 0.4) is 0 Å². The molecular weight excluding hydrogens is 525 g/mol. The first kappa shape index (κ1) is 24.1. The van der Waals surface area contributed by atoms with Crippen molar-refractivity contribution in [2.75, 3.05) is 41.3 Å². The first-order valence-corrected chi connectivity index (χ1v) is 13.3. The highest BCUT2D eigenvalue weighted by atomic mass is 35.5. The topological polar surface area (TPSA) is 113 Å². The van der Waals surface area contributed by atoms with Crippen molar-refractivity contribution in [2.24, 2.45) is 11.8 Å². The minimum Gasteiger partial charge on any atom is -0.436 e. The van der Waals surface area contributed by atoms with Crippen molar-refractivity contribution in [1.29, 1.82) is 0 Å². The SMILES string of the molecule is O=C1Nc2ccc(Cl)c(F)c2[C@]2(CCN(c3cncc(C(=O)NCc4ccc(N5CC6CC6C5)nc4)n3)C2)O1. The number of hydrogen-bond acceptors (Lipinski definition) is 8. The number of ether oxygens (including phenoxy) is 1. The van der Waals surface area contributed by atoms with E-state index in [1.54, 1.807) is 12.3 Å². The lowest BCUT2D eigenvalue weighted by atomic mass is 9.89. The Morgan fingerprint density at radius 3 is 2.79 bits per heavy atom. The van der Waals surface area contributed by atoms with Gasteiger partial charge in [0.1, 0.15) is 17.3 Å². The number of piperidine rings is 1. The Labute approximate surface area is 228 Å². The molecule has 1 spiro atoms. The minimum absolute atomic E-state index is 0.0536. The Kier molecular flexibility index (Phi) is 5.58. The number of nitrogens with zero attached hydrogens (tertiary/aromatic N) is 5. The van der Waals surface area contributed by atoms with Crippen molar-refractivity contribution in [3.8, 4) is 0 Å². The molecule has 1 saturated carbocycles. The van der Waals surface area contributed by atoms with Gasteiger partial charge in [0, 0.05) is 38.8 Å². The third kappa shape index (κ3) is 4.30. The molecule has 1 aromatic carbocycles. The van der Waals surface area contributed by atoms with Crippen LogP contribution in [0.1, 0.15) is 34.5 Å². The number of nitrogens with one attached hydrogen (secondary N) is 2. The molecule has 0 radical (unpaired) electrons. The highest BCUT2D eigenvalue weighted by Crippen LogP contribution is 2.47. The van der Waals surface area contributed by atoms with Crippen LogP contribution in [-0.4, -0.2) is 53.1 Å². The van der Waals surface area contributed by atoms with Gasteiger partial charge in [-0.05, 0) is 42.0 Å². The lowest BCUT2D eigenvalue weighted by Gasteiger charge is -2.35. The van der Waals surface area contributed by atoms with Gasteiger partial charge in [-0.2, -0.15) is 0 Å². The Bertz CT molecular complexity index is 1480. The third-order valence-corrected chi connectivity index (χ3v) is 8.34. The molecular formula is C27H25ClFN7O3. The first-order chi connectivity index (χ1) is 18.9. The molecule has 10 nitrogen and oxygen atoms in total. The number of halogens is 2. The molecule has 2 unspecified atom stereocenters. The molecule has 3 aromatic rings. The summed E-state index contributed by atoms with van der Waals surface area (Å²) in [5.41, 5.74) is 0.329. The van der Waals surface area contributed by atoms with E-state index in [0.717, 1.165) is 36.3 Å². The predicted octanol–water partition coefficient (Wildman–Crippen LogP) is 3.72. The molecule has 39 heavy (non-hydrogen) atoms. The Morgan fingerprint density at radius 1 is 1.15 bits per heavy atom. The fourth-order valence-electron chi connectivity index (χ4n) is 5.91. The third-order valence-electron chi connectivity index (χ3n) is 8.05. The van der Waals surface area contributed by atoms with Gasteiger partial charge in [-0.3, -0.25) is 15.1 Å². The average molecular weight is 550 g/mol. The van der Waals surface area contributed by atoms with Crippen molar-refractivity contribution >= 4 is 40.9 Å². The average Bonchev–Trinajstić information content (AvgIpc) is 3.33. The molecule has 2 amide bonds. The summed E-state index contributed by atoms with van der Waals surface area (Å²) in [5.74, 6) is 2.06. The molecule has 7 rings (SSSR count). The van der Waals surface area contributed by atoms with Crippen LogP contribution >= 0.6 is 11.6 Å². The molecule has 3 atom stereocenters. The molecule has 3 fully saturated rings. The van der Waals surface area contributed by atoms with Crippen LogP contribution in [0.15, 0.2) is 42.9 Å². The summed E-state index contributed by atoms with van der Waals surface area (Å²) < 4.78 is 20.7. The van der Waals surface area contributed by atoms with Gasteiger partial charge in [-0.25, -0.2) is 19.2 Å². The van der Waals surface area contributed by atoms with Crippen LogP contribution < -0.4 is 20.4 Å². The highest BCUT2D eigenvalue weighted by molar-refractivity contribution is 6.31. The second kappa shape index (κ2) is 9.04. The van der Waals surface area contributed by atoms with Crippen LogP contribution in [0.4, 0.5) is 26.5 Å². The molecule has 2 N–H and O–H groups in total. The lowest BCUT2D eigenvalue weighted by Crippen LogP contribution is -2.42. The van der Waals surface area contributed by atoms with Crippen molar-refractivity contribution in [2.45, 2.75) is 25.0 Å². The largest absolute Gasteiger partial charge is 0.436 e. The maximum absolute atomic E-state index is 15.1. The second-order valence-electron chi connectivity index (χ2n) is 10.6. The van der Waals surface area contributed by atoms with Crippen molar-refractivity contribution in [3.05, 3.63) is 70.5 Å². The van der Waals surface area contributed by atoms with Crippen molar-refractivity contribution < 1.29 is 18.7 Å². The molecule has 2 saturated heterocycles. The summed E-state index contributed by atoms with van der Waals surface area (Å²) >= 11 is 6.04. The fraction of sp³-hybridized carbons (Fsp3) is 0.370. The van der Waals surface area contributed by atoms with Crippen LogP contribution in [0.25, 0.3) is 0 Å². The summed E-state index contributed by atoms with van der Waals surface area (Å²) in [6.07, 6.45) is 5.71. The van der Waals surface area contributed by atoms with Gasteiger partial charge in [-0.15, -0.1) is 0 Å². The number of pyridine rings is 1. The Balaban J connectivity index is 1.03. The van der Waals surface area contributed by atoms with Gasteiger partial charge in [0.15, 0.2) is 11.4 Å². The molecule has 4 aliphatic rings. The van der Waals surface area contributed by atoms with Gasteiger partial charge in [-0.1, -0.05) is 17.7 Å². The molecule has 0 bridgehead atoms. The quantitative estimate of drug-likeness (QED) is 0.495. The standard InChI is InChI=1S/C27H25ClFN7O3/c28-18-2-3-19-23(24(18)29)27(39-26(38)34-19)5-6-35(14-27)22-11-30-10-20(33-22)25(37)32-9-15-1-4-21(31-8-15)36-12-16-7-17(16)13-36/h1-4,8,10-11,16-17H,5-7,9,12-14H2,(H,32,37)(H,34,38)/t16?,17?,27-/m1/s1. The maximum atomic E-state index is 15.1. The number of amides is 2. The number of fused-ring (bicyclic) bond motifs is 3. The van der Waals surface area contributed by atoms with E-state index in [1.165, 1.54) is 24.9 Å². The molecule has 3 aliphatic heterocycles. The first-order valence-electron chi connectivity index (χ1n) is 12.9. The zero-order valence-corrected chi connectivity index (χ0v) is 21.6. The summed E-state index contributed by atoms with van der Waals surface area (Å²) in [5, 5.41) is 5.36. The molecule has 5 heterocycles. The molecule has 200 valence electrons. The summed E-state index contributed by atoms with van der Waals surface area (Å²) in [6, 6.07) is 6.93. The zero-order valence-electron chi connectivity index (χ0n) is 20.9. The molecule has 2 aromatic heterocycles. The lowest BCUT2D eigenvalue weighted by molar-refractivity contribution is 0.0263. The van der Waals surface area contributed by atoms with E-state index in [4.69, 9.17) is 16.3 Å². The number of anilines is 3. The van der Waals surface area contributed by atoms with E-state index in [1.807, 2.05) is 17.0 Å². The minimum atomic E-state index is -1.23. The van der Waals surface area contributed by atoms with E-state index < -0.39 is 17.5 Å². The van der Waals surface area contributed by atoms with Crippen LogP contribution in [0, 0.1) is 17.7 Å². The number of carbonyl (C=O) groups excluding carboxylic acids is 2. The highest BCUT2D eigenvalue weighted by Gasteiger charge is 2.50. The normalized spacial score (nSPS) is 24.7. The number of hydrogen-bond donors (Lipinski definition) is 2. The van der Waals surface area contributed by atoms with E-state index in [9.17, 15) is 9.59 Å². The van der Waals surface area contributed by atoms with E-state index >= 15 is 4.39 Å². The summed E-state index contributed by atoms with van der Waals surface area (Å²) in [4.78, 5) is 42.5. The van der Waals surface area contributed by atoms with Gasteiger partial charge in [0.2, 0.25) is 0 Å². The summed E-state index contributed by atoms with van der Waals surface area (Å²) in [6.45, 7) is 3.01. The maximum Gasteiger partial charge on any atom is 0.412 e. The van der Waals surface area contributed by atoms with Crippen molar-refractivity contribution in [3.63, 3.8) is 0 Å². The summed E-state index contributed by atoms with van der Waals surface area (Å²) in [7, 11) is 0. The fourth-order valence-corrected chi connectivity index (χ4v) is 6.07. The van der Waals surface area contributed by atoms with Crippen LogP contribution in [-0.2, 0) is 16.9 Å². The van der Waals surface area contributed by atoms with Gasteiger partial charge in [0.25, 0.3) is 5.91 Å². The van der Waals surface area contributed by atoms with Gasteiger partial charge in [0.05, 0.1) is 35.2 Å². The smallest absolute Gasteiger partial charge is 0.412 e. The zero-order chi connectivity index (χ0) is 26.7. The van der Waals surface area contributed by atoms with E-state index in [2.05, 4.69) is 30.5 Å². The van der Waals surface area contributed by atoms with E-state index in [0.29, 0.717) is 31.0 Å². The predicted molar refractivity (Wildman–Crippen MR) is 141 cm³/mol. The van der Waals surface area contributed by atoms with Crippen molar-refractivity contribution in [1.82, 2.24) is 20.3 Å². The monoisotopic (exact) mass is 549 g/mol. The van der Waals surface area contributed by atoms with Gasteiger partial charge >= 0.3 is 6.09 Å². The van der Waals surface area contributed by atoms with Gasteiger partial charge < -0.3 is 19.9 Å². The number of rotatable bonds is 5. The van der Waals surface area contributed by atoms with E-state index in [-0.39, 0.29) is 28.7 Å². The number of aromatic nitrogens is 3. The number of carbonyl (C=O) groups is 2. The Morgan fingerprint density at radius 2 is 2.00 bits per heavy atom. The molecule has 12 heteroatoms. The Hall–Kier alpha value is -3.99. The molecule has 1 aliphatic carbocycles. The van der Waals surface area contributed by atoms with Crippen LogP contribution in [0.5, 0.6) is 0 Å².